The number of benzene rings is 12. The molecule has 0 bridgehead atoms. The molecule has 0 fully saturated rings. The van der Waals surface area contributed by atoms with Crippen LogP contribution in [0, 0.1) is 48.6 Å². The summed E-state index contributed by atoms with van der Waals surface area (Å²) in [7, 11) is 0. The fourth-order valence-electron chi connectivity index (χ4n) is 14.4. The van der Waals surface area contributed by atoms with Crippen molar-refractivity contribution in [3.8, 4) is 22.3 Å². The van der Waals surface area contributed by atoms with Gasteiger partial charge in [0.05, 0.1) is 0 Å². The van der Waals surface area contributed by atoms with Gasteiger partial charge < -0.3 is 0 Å². The summed E-state index contributed by atoms with van der Waals surface area (Å²) in [6.45, 7) is 18.7. The zero-order valence-corrected chi connectivity index (χ0v) is 40.0. The Morgan fingerprint density at radius 1 is 0.294 bits per heavy atom. The zero-order valence-electron chi connectivity index (χ0n) is 40.0. The van der Waals surface area contributed by atoms with E-state index in [9.17, 15) is 0 Å². The highest BCUT2D eigenvalue weighted by Gasteiger charge is 2.30. The molecule has 0 nitrogen and oxygen atoms in total. The third-order valence-electron chi connectivity index (χ3n) is 16.6. The van der Waals surface area contributed by atoms with E-state index < -0.39 is 0 Å². The van der Waals surface area contributed by atoms with Gasteiger partial charge in [-0.25, -0.2) is 0 Å². The molecule has 0 aliphatic heterocycles. The van der Waals surface area contributed by atoms with Crippen LogP contribution in [0.15, 0.2) is 146 Å². The number of fused-ring (bicyclic) bond motifs is 11. The van der Waals surface area contributed by atoms with Gasteiger partial charge in [0.1, 0.15) is 0 Å². The van der Waals surface area contributed by atoms with Gasteiger partial charge >= 0.3 is 0 Å². The molecule has 68 heavy (non-hydrogen) atoms. The maximum Gasteiger partial charge on any atom is -0.000473 e. The molecule has 0 aromatic heterocycles. The Bertz CT molecular complexity index is 4720. The Hall–Kier alpha value is -7.54. The molecule has 1 aliphatic rings. The highest BCUT2D eigenvalue weighted by atomic mass is 14.3. The van der Waals surface area contributed by atoms with Gasteiger partial charge in [0.2, 0.25) is 0 Å². The monoisotopic (exact) mass is 866 g/mol. The lowest BCUT2D eigenvalue weighted by atomic mass is 9.84. The topological polar surface area (TPSA) is 0 Å². The van der Waals surface area contributed by atoms with E-state index in [1.807, 2.05) is 0 Å². The summed E-state index contributed by atoms with van der Waals surface area (Å²) in [5.41, 5.74) is 13.5. The summed E-state index contributed by atoms with van der Waals surface area (Å²) in [4.78, 5) is 0. The molecule has 0 amide bonds. The third kappa shape index (κ3) is 4.57. The predicted molar refractivity (Wildman–Crippen MR) is 295 cm³/mol. The molecule has 14 aromatic carbocycles. The van der Waals surface area contributed by atoms with Gasteiger partial charge in [-0.3, -0.25) is 0 Å². The second kappa shape index (κ2) is 13.1. The van der Waals surface area contributed by atoms with Crippen molar-refractivity contribution >= 4 is 108 Å². The summed E-state index contributed by atoms with van der Waals surface area (Å²) < 4.78 is 0. The van der Waals surface area contributed by atoms with E-state index in [0.717, 1.165) is 0 Å². The first-order valence-corrected chi connectivity index (χ1v) is 24.8. The number of hydrogen-bond donors (Lipinski definition) is 0. The first-order chi connectivity index (χ1) is 33.1. The molecule has 0 saturated carbocycles. The number of aryl methyl sites for hydroxylation is 4. The van der Waals surface area contributed by atoms with Crippen LogP contribution >= 0.6 is 0 Å². The second-order valence-electron chi connectivity index (χ2n) is 21.2. The highest BCUT2D eigenvalue weighted by Crippen LogP contribution is 2.57. The molecule has 1 aliphatic carbocycles. The van der Waals surface area contributed by atoms with Crippen molar-refractivity contribution < 1.29 is 0 Å². The van der Waals surface area contributed by atoms with Gasteiger partial charge in [-0.05, 0) is 219 Å². The molecule has 0 radical (unpaired) electrons. The summed E-state index contributed by atoms with van der Waals surface area (Å²) in [6, 6.07) is 57.2. The van der Waals surface area contributed by atoms with Crippen LogP contribution in [0.1, 0.15) is 72.9 Å². The van der Waals surface area contributed by atoms with Crippen LogP contribution < -0.4 is 0 Å². The normalized spacial score (nSPS) is 13.0. The van der Waals surface area contributed by atoms with Crippen molar-refractivity contribution in [1.82, 2.24) is 0 Å². The van der Waals surface area contributed by atoms with Crippen LogP contribution in [0.3, 0.4) is 0 Å². The number of hydrogen-bond acceptors (Lipinski definition) is 0. The SMILES string of the molecule is Cc1ccc(-c2c3cccc4c5cc(C)cc(C)c5c(c34)c3c4ccc5c6ccc7c8c(ccc(c9c(-c%10ccccc%10)cc(c23)c4c59)c86)=c2c(C(C)C)c3ccccc3c(C(C)C)c2=7)c(C)c1. The first-order valence-electron chi connectivity index (χ1n) is 24.8. The summed E-state index contributed by atoms with van der Waals surface area (Å²) in [6.07, 6.45) is 0. The molecule has 14 aromatic rings. The standard InChI is InChI=1S/C68H50/c1-33(2)54-41-17-12-13-18-42(41)55(34(3)4)65-49-28-27-47-58-44(23-25-48(60(49)58)64(54)65)45-24-26-50-62-53(32-51(61(47)63(45)62)39-15-10-9-11-16-39)67-57(40-22-21-35(5)29-37(40)7)46-20-14-19-43-52-31-36(6)30-38(8)56(52)68(59(43)46)66(50)67/h9-34H,1-8H3. The Morgan fingerprint density at radius 3 is 1.54 bits per heavy atom. The van der Waals surface area contributed by atoms with E-state index in [2.05, 4.69) is 201 Å². The van der Waals surface area contributed by atoms with E-state index in [1.54, 1.807) is 0 Å². The minimum Gasteiger partial charge on any atom is -0.0622 e. The fourth-order valence-corrected chi connectivity index (χ4v) is 14.4. The molecular formula is C68H50. The van der Waals surface area contributed by atoms with Crippen LogP contribution in [-0.2, 0) is 0 Å². The number of rotatable bonds is 4. The minimum absolute atomic E-state index is 0.368. The summed E-state index contributed by atoms with van der Waals surface area (Å²) in [5.74, 6) is 0.736. The Balaban J connectivity index is 1.24. The Morgan fingerprint density at radius 2 is 0.838 bits per heavy atom. The van der Waals surface area contributed by atoms with E-state index >= 15 is 0 Å². The van der Waals surface area contributed by atoms with Gasteiger partial charge in [0.25, 0.3) is 0 Å². The fraction of sp³-hybridized carbons (Fsp3) is 0.147. The molecule has 0 N–H and O–H groups in total. The van der Waals surface area contributed by atoms with Crippen LogP contribution in [0.25, 0.3) is 130 Å². The van der Waals surface area contributed by atoms with Crippen LogP contribution in [0.5, 0.6) is 0 Å². The summed E-state index contributed by atoms with van der Waals surface area (Å²) in [5, 5.41) is 33.3. The average Bonchev–Trinajstić information content (AvgIpc) is 3.97. The van der Waals surface area contributed by atoms with Crippen molar-refractivity contribution in [2.75, 3.05) is 0 Å². The lowest BCUT2D eigenvalue weighted by molar-refractivity contribution is 0.846. The van der Waals surface area contributed by atoms with Gasteiger partial charge in [-0.2, -0.15) is 0 Å². The molecule has 322 valence electrons. The maximum atomic E-state index is 2.61. The zero-order chi connectivity index (χ0) is 45.8. The van der Waals surface area contributed by atoms with Crippen molar-refractivity contribution in [1.29, 1.82) is 0 Å². The molecular weight excluding hydrogens is 817 g/mol. The van der Waals surface area contributed by atoms with E-state index in [-0.39, 0.29) is 0 Å². The van der Waals surface area contributed by atoms with Crippen LogP contribution in [0.2, 0.25) is 0 Å². The van der Waals surface area contributed by atoms with E-state index in [4.69, 9.17) is 0 Å². The van der Waals surface area contributed by atoms with Gasteiger partial charge in [-0.1, -0.05) is 178 Å². The van der Waals surface area contributed by atoms with Crippen molar-refractivity contribution in [2.45, 2.75) is 67.2 Å². The molecule has 0 spiro atoms. The van der Waals surface area contributed by atoms with Crippen LogP contribution in [0.4, 0.5) is 0 Å². The van der Waals surface area contributed by atoms with Crippen LogP contribution in [-0.4, -0.2) is 0 Å². The molecule has 15 rings (SSSR count). The van der Waals surface area contributed by atoms with E-state index in [0.29, 0.717) is 11.8 Å². The van der Waals surface area contributed by atoms with Gasteiger partial charge in [0, 0.05) is 0 Å². The largest absolute Gasteiger partial charge is 0.0622 e. The first kappa shape index (κ1) is 38.6. The van der Waals surface area contributed by atoms with Crippen molar-refractivity contribution in [2.24, 2.45) is 0 Å². The minimum atomic E-state index is 0.368. The second-order valence-corrected chi connectivity index (χ2v) is 21.2. The lowest BCUT2D eigenvalue weighted by Gasteiger charge is -2.19. The Kier molecular flexibility index (Phi) is 7.44. The van der Waals surface area contributed by atoms with Gasteiger partial charge in [0.15, 0.2) is 0 Å². The lowest BCUT2D eigenvalue weighted by Crippen LogP contribution is -2.00. The summed E-state index contributed by atoms with van der Waals surface area (Å²) >= 11 is 0. The molecule has 0 unspecified atom stereocenters. The van der Waals surface area contributed by atoms with Gasteiger partial charge in [-0.15, -0.1) is 0 Å². The average molecular weight is 867 g/mol. The maximum absolute atomic E-state index is 2.61. The quantitative estimate of drug-likeness (QED) is 0.122. The Labute approximate surface area is 395 Å². The third-order valence-corrected chi connectivity index (χ3v) is 16.6. The highest BCUT2D eigenvalue weighted by molar-refractivity contribution is 6.52. The van der Waals surface area contributed by atoms with E-state index in [1.165, 1.54) is 184 Å². The van der Waals surface area contributed by atoms with Crippen molar-refractivity contribution in [3.05, 3.63) is 200 Å². The predicted octanol–water partition coefficient (Wildman–Crippen LogP) is 19.2. The molecule has 0 heterocycles. The van der Waals surface area contributed by atoms with Crippen molar-refractivity contribution in [3.63, 3.8) is 0 Å². The smallest absolute Gasteiger partial charge is 0.000473 e. The molecule has 0 heteroatoms. The molecule has 0 saturated heterocycles. The molecule has 0 atom stereocenters.